The molecule has 2 fully saturated rings. The van der Waals surface area contributed by atoms with Gasteiger partial charge >= 0.3 is 12.4 Å². The Balaban J connectivity index is 1.54. The number of aryl methyl sites for hydroxylation is 1. The van der Waals surface area contributed by atoms with Crippen molar-refractivity contribution in [2.75, 3.05) is 42.3 Å². The zero-order valence-corrected chi connectivity index (χ0v) is 25.9. The van der Waals surface area contributed by atoms with Gasteiger partial charge in [0.25, 0.3) is 0 Å². The molecule has 2 saturated heterocycles. The Hall–Kier alpha value is -3.32. The third kappa shape index (κ3) is 6.65. The third-order valence-corrected chi connectivity index (χ3v) is 9.94. The summed E-state index contributed by atoms with van der Waals surface area (Å²) in [4.78, 5) is 21.7. The smallest absolute Gasteiger partial charge is 0.363 e. The van der Waals surface area contributed by atoms with Crippen LogP contribution < -0.4 is 9.80 Å². The summed E-state index contributed by atoms with van der Waals surface area (Å²) >= 11 is 1.81. The molecule has 0 bridgehead atoms. The van der Waals surface area contributed by atoms with Gasteiger partial charge in [0.05, 0.1) is 35.0 Å². The van der Waals surface area contributed by atoms with Gasteiger partial charge in [0.15, 0.2) is 0 Å². The number of carbonyl (C=O) groups is 1. The molecule has 13 heteroatoms. The Bertz CT molecular complexity index is 1560. The molecular formula is C32H32F7N3O2S. The molecule has 1 amide bonds. The van der Waals surface area contributed by atoms with Crippen molar-refractivity contribution in [1.82, 2.24) is 4.98 Å². The van der Waals surface area contributed by atoms with Crippen LogP contribution >= 0.6 is 11.8 Å². The largest absolute Gasteiger partial charge is 0.416 e. The van der Waals surface area contributed by atoms with Crippen LogP contribution in [0.1, 0.15) is 48.9 Å². The van der Waals surface area contributed by atoms with E-state index in [4.69, 9.17) is 4.74 Å². The average Bonchev–Trinajstić information content (AvgIpc) is 3.43. The van der Waals surface area contributed by atoms with Crippen molar-refractivity contribution in [2.45, 2.75) is 56.3 Å². The van der Waals surface area contributed by atoms with Crippen LogP contribution in [0.4, 0.5) is 42.2 Å². The highest BCUT2D eigenvalue weighted by Crippen LogP contribution is 2.44. The van der Waals surface area contributed by atoms with E-state index in [0.717, 1.165) is 18.6 Å². The lowest BCUT2D eigenvalue weighted by Crippen LogP contribution is -2.43. The molecule has 0 saturated carbocycles. The first-order valence-electron chi connectivity index (χ1n) is 14.3. The second-order valence-electron chi connectivity index (χ2n) is 11.9. The van der Waals surface area contributed by atoms with E-state index in [2.05, 4.69) is 9.88 Å². The number of nitrogens with zero attached hydrogens (tertiary/aromatic N) is 3. The normalized spacial score (nSPS) is 17.2. The number of likely N-dealkylation sites (N-methyl/N-ethyl adjacent to an activating group) is 1. The zero-order valence-electron chi connectivity index (χ0n) is 25.1. The number of alkyl halides is 6. The quantitative estimate of drug-likeness (QED) is 0.259. The van der Waals surface area contributed by atoms with Crippen LogP contribution in [0.15, 0.2) is 48.7 Å². The maximum atomic E-state index is 14.1. The summed E-state index contributed by atoms with van der Waals surface area (Å²) in [5, 5.41) is 0. The second kappa shape index (κ2) is 11.8. The minimum Gasteiger partial charge on any atom is -0.363 e. The number of hydrogen-bond acceptors (Lipinski definition) is 5. The van der Waals surface area contributed by atoms with Crippen LogP contribution in [-0.2, 0) is 27.3 Å². The number of piperidine rings is 1. The number of hydrogen-bond donors (Lipinski definition) is 0. The van der Waals surface area contributed by atoms with Crippen molar-refractivity contribution < 1.29 is 40.3 Å². The van der Waals surface area contributed by atoms with Crippen LogP contribution in [0.3, 0.4) is 0 Å². The lowest BCUT2D eigenvalue weighted by atomic mass is 9.81. The maximum Gasteiger partial charge on any atom is 0.416 e. The zero-order chi connectivity index (χ0) is 32.9. The number of aromatic nitrogens is 1. The van der Waals surface area contributed by atoms with Gasteiger partial charge in [-0.25, -0.2) is 9.37 Å². The highest BCUT2D eigenvalue weighted by Gasteiger charge is 2.42. The molecule has 3 heterocycles. The molecule has 1 spiro atoms. The van der Waals surface area contributed by atoms with E-state index in [1.165, 1.54) is 44.1 Å². The van der Waals surface area contributed by atoms with Crippen molar-refractivity contribution >= 4 is 29.2 Å². The standard InChI is InChI=1S/C32H32F7N3O2S/c1-19-13-23(33)5-6-24(19)25-17-27(42-9-7-30(8-10-42)44-11-12-45-30)40-18-26(25)41(4)28(43)29(2,3)20-14-21(31(34,35)36)16-22(15-20)32(37,38)39/h5-6,13-18H,7-12H2,1-4H3. The fourth-order valence-electron chi connectivity index (χ4n) is 5.85. The minimum atomic E-state index is -5.06. The average molecular weight is 656 g/mol. The molecular weight excluding hydrogens is 623 g/mol. The lowest BCUT2D eigenvalue weighted by Gasteiger charge is -2.38. The highest BCUT2D eigenvalue weighted by molar-refractivity contribution is 8.00. The molecule has 0 atom stereocenters. The molecule has 5 rings (SSSR count). The van der Waals surface area contributed by atoms with E-state index >= 15 is 0 Å². The number of ether oxygens (including phenoxy) is 1. The van der Waals surface area contributed by atoms with E-state index in [0.29, 0.717) is 54.3 Å². The van der Waals surface area contributed by atoms with Gasteiger partial charge in [0, 0.05) is 44.3 Å². The number of anilines is 2. The van der Waals surface area contributed by atoms with Crippen molar-refractivity contribution in [3.05, 3.63) is 76.7 Å². The Kier molecular flexibility index (Phi) is 8.67. The van der Waals surface area contributed by atoms with E-state index in [9.17, 15) is 35.5 Å². The first-order valence-corrected chi connectivity index (χ1v) is 15.3. The monoisotopic (exact) mass is 655 g/mol. The molecule has 242 valence electrons. The molecule has 45 heavy (non-hydrogen) atoms. The number of rotatable bonds is 5. The molecule has 2 aliphatic heterocycles. The van der Waals surface area contributed by atoms with Gasteiger partial charge in [-0.05, 0) is 73.9 Å². The lowest BCUT2D eigenvalue weighted by molar-refractivity contribution is -0.143. The molecule has 0 radical (unpaired) electrons. The number of halogens is 7. The Morgan fingerprint density at radius 1 is 0.933 bits per heavy atom. The van der Waals surface area contributed by atoms with Gasteiger partial charge in [0.1, 0.15) is 16.6 Å². The SMILES string of the molecule is Cc1cc(F)ccc1-c1cc(N2CCC3(CC2)OCCS3)ncc1N(C)C(=O)C(C)(C)c1cc(C(F)(F)F)cc(C(F)(F)F)c1. The molecule has 1 aromatic heterocycles. The van der Waals surface area contributed by atoms with Crippen LogP contribution in [-0.4, -0.2) is 48.3 Å². The number of benzene rings is 2. The number of thioether (sulfide) groups is 1. The Morgan fingerprint density at radius 3 is 2.07 bits per heavy atom. The molecule has 2 aliphatic rings. The minimum absolute atomic E-state index is 0.0335. The van der Waals surface area contributed by atoms with Gasteiger partial charge in [0.2, 0.25) is 5.91 Å². The predicted molar refractivity (Wildman–Crippen MR) is 160 cm³/mol. The number of carbonyl (C=O) groups excluding carboxylic acids is 1. The van der Waals surface area contributed by atoms with Crippen LogP contribution in [0.2, 0.25) is 0 Å². The third-order valence-electron chi connectivity index (χ3n) is 8.52. The van der Waals surface area contributed by atoms with Gasteiger partial charge < -0.3 is 14.5 Å². The van der Waals surface area contributed by atoms with Gasteiger partial charge in [-0.15, -0.1) is 11.8 Å². The molecule has 0 aliphatic carbocycles. The summed E-state index contributed by atoms with van der Waals surface area (Å²) in [6.45, 7) is 6.30. The highest BCUT2D eigenvalue weighted by atomic mass is 32.2. The number of pyridine rings is 1. The summed E-state index contributed by atoms with van der Waals surface area (Å²) in [5.74, 6) is 0.331. The second-order valence-corrected chi connectivity index (χ2v) is 13.3. The molecule has 0 N–H and O–H groups in total. The predicted octanol–water partition coefficient (Wildman–Crippen LogP) is 8.23. The topological polar surface area (TPSA) is 45.7 Å². The summed E-state index contributed by atoms with van der Waals surface area (Å²) in [6.07, 6.45) is -7.10. The maximum absolute atomic E-state index is 14.1. The van der Waals surface area contributed by atoms with Gasteiger partial charge in [-0.3, -0.25) is 4.79 Å². The van der Waals surface area contributed by atoms with Gasteiger partial charge in [-0.2, -0.15) is 26.3 Å². The molecule has 5 nitrogen and oxygen atoms in total. The van der Waals surface area contributed by atoms with Crippen molar-refractivity contribution in [3.8, 4) is 11.1 Å². The molecule has 2 aromatic carbocycles. The summed E-state index contributed by atoms with van der Waals surface area (Å²) in [6, 6.07) is 7.13. The summed E-state index contributed by atoms with van der Waals surface area (Å²) in [5.41, 5.74) is -3.34. The van der Waals surface area contributed by atoms with Crippen LogP contribution in [0, 0.1) is 12.7 Å². The van der Waals surface area contributed by atoms with Gasteiger partial charge in [-0.1, -0.05) is 6.07 Å². The van der Waals surface area contributed by atoms with Crippen LogP contribution in [0.5, 0.6) is 0 Å². The van der Waals surface area contributed by atoms with E-state index in [-0.39, 0.29) is 16.7 Å². The summed E-state index contributed by atoms with van der Waals surface area (Å²) in [7, 11) is 1.39. The van der Waals surface area contributed by atoms with E-state index in [1.54, 1.807) is 30.8 Å². The molecule has 3 aromatic rings. The first-order chi connectivity index (χ1) is 20.9. The Morgan fingerprint density at radius 2 is 1.53 bits per heavy atom. The first kappa shape index (κ1) is 33.1. The summed E-state index contributed by atoms with van der Waals surface area (Å²) < 4.78 is 102. The Labute approximate surface area is 260 Å². The fraction of sp³-hybridized carbons (Fsp3) is 0.438. The van der Waals surface area contributed by atoms with Crippen molar-refractivity contribution in [3.63, 3.8) is 0 Å². The molecule has 0 unspecified atom stereocenters. The fourth-order valence-corrected chi connectivity index (χ4v) is 7.03. The van der Waals surface area contributed by atoms with Crippen molar-refractivity contribution in [2.24, 2.45) is 0 Å². The van der Waals surface area contributed by atoms with Crippen molar-refractivity contribution in [1.29, 1.82) is 0 Å². The van der Waals surface area contributed by atoms with E-state index < -0.39 is 46.2 Å². The van der Waals surface area contributed by atoms with E-state index in [1.807, 2.05) is 0 Å². The number of amides is 1. The van der Waals surface area contributed by atoms with Crippen LogP contribution in [0.25, 0.3) is 11.1 Å².